The summed E-state index contributed by atoms with van der Waals surface area (Å²) in [7, 11) is -3.04. The van der Waals surface area contributed by atoms with Crippen molar-refractivity contribution in [2.75, 3.05) is 18.1 Å². The molecule has 7 heteroatoms. The average molecular weight is 395 g/mol. The normalized spacial score (nSPS) is 19.9. The Hall–Kier alpha value is -1.89. The number of hydrogen-bond acceptors (Lipinski definition) is 4. The summed E-state index contributed by atoms with van der Waals surface area (Å²) < 4.78 is 22.9. The standard InChI is InChI=1S/C20H30N2O4S/c1-13(2)15-5-7-16(8-6-15)19(14(3)4)20(24)21-11-18(23)22-17-9-10-27(25,26)12-17/h5-8,13-14,17,19H,9-12H2,1-4H3,(H,21,24)(H,22,23). The number of rotatable bonds is 7. The van der Waals surface area contributed by atoms with Gasteiger partial charge in [-0.15, -0.1) is 0 Å². The molecule has 2 atom stereocenters. The molecule has 1 saturated heterocycles. The van der Waals surface area contributed by atoms with E-state index in [1.54, 1.807) is 0 Å². The number of amides is 2. The van der Waals surface area contributed by atoms with E-state index in [1.807, 2.05) is 38.1 Å². The smallest absolute Gasteiger partial charge is 0.239 e. The maximum absolute atomic E-state index is 12.7. The SMILES string of the molecule is CC(C)c1ccc(C(C(=O)NCC(=O)NC2CCS(=O)(=O)C2)C(C)C)cc1. The van der Waals surface area contributed by atoms with Crippen molar-refractivity contribution in [3.05, 3.63) is 35.4 Å². The largest absolute Gasteiger partial charge is 0.351 e. The van der Waals surface area contributed by atoms with Crippen LogP contribution in [0.15, 0.2) is 24.3 Å². The summed E-state index contributed by atoms with van der Waals surface area (Å²) in [4.78, 5) is 24.7. The van der Waals surface area contributed by atoms with E-state index < -0.39 is 9.84 Å². The summed E-state index contributed by atoms with van der Waals surface area (Å²) in [5.41, 5.74) is 2.14. The summed E-state index contributed by atoms with van der Waals surface area (Å²) in [5.74, 6) is -0.313. The average Bonchev–Trinajstić information content (AvgIpc) is 2.91. The van der Waals surface area contributed by atoms with Gasteiger partial charge in [-0.25, -0.2) is 8.42 Å². The molecule has 0 aromatic heterocycles. The Balaban J connectivity index is 1.94. The highest BCUT2D eigenvalue weighted by molar-refractivity contribution is 7.91. The minimum Gasteiger partial charge on any atom is -0.351 e. The molecular formula is C20H30N2O4S. The lowest BCUT2D eigenvalue weighted by Gasteiger charge is -2.21. The van der Waals surface area contributed by atoms with Crippen LogP contribution >= 0.6 is 0 Å². The van der Waals surface area contributed by atoms with Crippen LogP contribution in [0.1, 0.15) is 57.1 Å². The van der Waals surface area contributed by atoms with Crippen molar-refractivity contribution in [3.63, 3.8) is 0 Å². The van der Waals surface area contributed by atoms with Gasteiger partial charge in [-0.1, -0.05) is 52.0 Å². The van der Waals surface area contributed by atoms with Gasteiger partial charge in [0.05, 0.1) is 24.0 Å². The molecule has 0 spiro atoms. The van der Waals surface area contributed by atoms with Crippen LogP contribution in [-0.2, 0) is 19.4 Å². The van der Waals surface area contributed by atoms with Gasteiger partial charge in [-0.05, 0) is 29.4 Å². The molecular weight excluding hydrogens is 364 g/mol. The van der Waals surface area contributed by atoms with Crippen molar-refractivity contribution in [1.29, 1.82) is 0 Å². The maximum atomic E-state index is 12.7. The molecule has 0 aliphatic carbocycles. The number of benzene rings is 1. The summed E-state index contributed by atoms with van der Waals surface area (Å²) >= 11 is 0. The fourth-order valence-corrected chi connectivity index (χ4v) is 5.07. The molecule has 150 valence electrons. The van der Waals surface area contributed by atoms with Gasteiger partial charge in [0.15, 0.2) is 9.84 Å². The van der Waals surface area contributed by atoms with Crippen molar-refractivity contribution in [1.82, 2.24) is 10.6 Å². The molecule has 27 heavy (non-hydrogen) atoms. The molecule has 1 heterocycles. The van der Waals surface area contributed by atoms with Crippen molar-refractivity contribution >= 4 is 21.7 Å². The zero-order chi connectivity index (χ0) is 20.2. The number of sulfone groups is 1. The van der Waals surface area contributed by atoms with E-state index in [2.05, 4.69) is 24.5 Å². The Labute approximate surface area is 162 Å². The molecule has 1 aliphatic rings. The van der Waals surface area contributed by atoms with Crippen molar-refractivity contribution in [2.45, 2.75) is 52.0 Å². The van der Waals surface area contributed by atoms with Crippen LogP contribution in [0.5, 0.6) is 0 Å². The van der Waals surface area contributed by atoms with Gasteiger partial charge in [-0.3, -0.25) is 9.59 Å². The first-order chi connectivity index (χ1) is 12.6. The number of nitrogens with one attached hydrogen (secondary N) is 2. The number of carbonyl (C=O) groups is 2. The second-order valence-corrected chi connectivity index (χ2v) is 10.2. The highest BCUT2D eigenvalue weighted by Gasteiger charge is 2.29. The fourth-order valence-electron chi connectivity index (χ4n) is 3.39. The quantitative estimate of drug-likeness (QED) is 0.739. The minimum atomic E-state index is -3.04. The first-order valence-corrected chi connectivity index (χ1v) is 11.3. The lowest BCUT2D eigenvalue weighted by atomic mass is 9.86. The van der Waals surface area contributed by atoms with Gasteiger partial charge < -0.3 is 10.6 Å². The molecule has 1 fully saturated rings. The molecule has 2 amide bonds. The molecule has 1 aromatic rings. The van der Waals surface area contributed by atoms with E-state index in [-0.39, 0.29) is 47.7 Å². The van der Waals surface area contributed by atoms with E-state index in [1.165, 1.54) is 5.56 Å². The van der Waals surface area contributed by atoms with E-state index in [9.17, 15) is 18.0 Å². The van der Waals surface area contributed by atoms with Crippen molar-refractivity contribution < 1.29 is 18.0 Å². The summed E-state index contributed by atoms with van der Waals surface area (Å²) in [6.45, 7) is 8.04. The summed E-state index contributed by atoms with van der Waals surface area (Å²) in [6, 6.07) is 7.67. The lowest BCUT2D eigenvalue weighted by molar-refractivity contribution is -0.127. The van der Waals surface area contributed by atoms with Gasteiger partial charge in [-0.2, -0.15) is 0 Å². The van der Waals surface area contributed by atoms with E-state index in [0.29, 0.717) is 12.3 Å². The summed E-state index contributed by atoms with van der Waals surface area (Å²) in [6.07, 6.45) is 0.429. The molecule has 2 N–H and O–H groups in total. The third-order valence-corrected chi connectivity index (χ3v) is 6.70. The highest BCUT2D eigenvalue weighted by atomic mass is 32.2. The molecule has 1 aliphatic heterocycles. The molecule has 0 bridgehead atoms. The summed E-state index contributed by atoms with van der Waals surface area (Å²) in [5, 5.41) is 5.38. The molecule has 2 unspecified atom stereocenters. The Morgan fingerprint density at radius 2 is 1.67 bits per heavy atom. The van der Waals surface area contributed by atoms with Crippen LogP contribution in [0.4, 0.5) is 0 Å². The van der Waals surface area contributed by atoms with Gasteiger partial charge in [0, 0.05) is 6.04 Å². The van der Waals surface area contributed by atoms with Crippen LogP contribution < -0.4 is 10.6 Å². The van der Waals surface area contributed by atoms with Crippen molar-refractivity contribution in [2.24, 2.45) is 5.92 Å². The van der Waals surface area contributed by atoms with Crippen LogP contribution in [0.2, 0.25) is 0 Å². The second-order valence-electron chi connectivity index (χ2n) is 7.93. The third-order valence-electron chi connectivity index (χ3n) is 4.93. The number of carbonyl (C=O) groups excluding carboxylic acids is 2. The van der Waals surface area contributed by atoms with Crippen LogP contribution in [0, 0.1) is 5.92 Å². The highest BCUT2D eigenvalue weighted by Crippen LogP contribution is 2.26. The van der Waals surface area contributed by atoms with Crippen molar-refractivity contribution in [3.8, 4) is 0 Å². The molecule has 0 saturated carbocycles. The fraction of sp³-hybridized carbons (Fsp3) is 0.600. The Kier molecular flexibility index (Phi) is 7.03. The Morgan fingerprint density at radius 3 is 2.15 bits per heavy atom. The predicted octanol–water partition coefficient (Wildman–Crippen LogP) is 1.97. The topological polar surface area (TPSA) is 92.3 Å². The van der Waals surface area contributed by atoms with Gasteiger partial charge in [0.25, 0.3) is 0 Å². The zero-order valence-electron chi connectivity index (χ0n) is 16.5. The van der Waals surface area contributed by atoms with E-state index in [0.717, 1.165) is 5.56 Å². The molecule has 0 radical (unpaired) electrons. The zero-order valence-corrected chi connectivity index (χ0v) is 17.3. The Bertz CT molecular complexity index is 770. The van der Waals surface area contributed by atoms with Gasteiger partial charge in [0.1, 0.15) is 0 Å². The van der Waals surface area contributed by atoms with Crippen LogP contribution in [-0.4, -0.2) is 44.3 Å². The molecule has 1 aromatic carbocycles. The monoisotopic (exact) mass is 394 g/mol. The van der Waals surface area contributed by atoms with E-state index >= 15 is 0 Å². The second kappa shape index (κ2) is 8.87. The molecule has 2 rings (SSSR count). The van der Waals surface area contributed by atoms with Gasteiger partial charge >= 0.3 is 0 Å². The maximum Gasteiger partial charge on any atom is 0.239 e. The van der Waals surface area contributed by atoms with Gasteiger partial charge in [0.2, 0.25) is 11.8 Å². The van der Waals surface area contributed by atoms with Crippen LogP contribution in [0.25, 0.3) is 0 Å². The van der Waals surface area contributed by atoms with Crippen LogP contribution in [0.3, 0.4) is 0 Å². The minimum absolute atomic E-state index is 0.0243. The van der Waals surface area contributed by atoms with E-state index in [4.69, 9.17) is 0 Å². The molecule has 6 nitrogen and oxygen atoms in total. The Morgan fingerprint density at radius 1 is 1.07 bits per heavy atom. The number of hydrogen-bond donors (Lipinski definition) is 2. The first-order valence-electron chi connectivity index (χ1n) is 9.46. The first kappa shape index (κ1) is 21.4. The third kappa shape index (κ3) is 6.06. The lowest BCUT2D eigenvalue weighted by Crippen LogP contribution is -2.44. The predicted molar refractivity (Wildman–Crippen MR) is 106 cm³/mol.